The van der Waals surface area contributed by atoms with Crippen LogP contribution in [0.5, 0.6) is 5.75 Å². The fourth-order valence-corrected chi connectivity index (χ4v) is 5.30. The minimum Gasteiger partial charge on any atom is -0.497 e. The Kier molecular flexibility index (Phi) is 14.0. The number of aliphatic carboxylic acids is 2. The second-order valence-corrected chi connectivity index (χ2v) is 9.96. The second kappa shape index (κ2) is 16.9. The zero-order valence-electron chi connectivity index (χ0n) is 22.5. The first-order valence-electron chi connectivity index (χ1n) is 13.7. The molecule has 8 heteroatoms. The molecule has 1 aromatic heterocycles. The van der Waals surface area contributed by atoms with Crippen molar-refractivity contribution in [1.82, 2.24) is 9.88 Å². The largest absolute Gasteiger partial charge is 0.497 e. The van der Waals surface area contributed by atoms with Crippen LogP contribution in [0.4, 0.5) is 0 Å². The van der Waals surface area contributed by atoms with E-state index in [0.717, 1.165) is 36.1 Å². The summed E-state index contributed by atoms with van der Waals surface area (Å²) in [7, 11) is 1.73. The number of benzene rings is 1. The highest BCUT2D eigenvalue weighted by Crippen LogP contribution is 2.31. The van der Waals surface area contributed by atoms with Crippen molar-refractivity contribution in [1.29, 1.82) is 0 Å². The minimum atomic E-state index is -1.82. The summed E-state index contributed by atoms with van der Waals surface area (Å²) in [6.45, 7) is 6.92. The van der Waals surface area contributed by atoms with E-state index < -0.39 is 11.9 Å². The van der Waals surface area contributed by atoms with Gasteiger partial charge in [0.1, 0.15) is 5.75 Å². The number of carboxylic acids is 2. The molecule has 0 amide bonds. The van der Waals surface area contributed by atoms with Crippen molar-refractivity contribution in [2.75, 3.05) is 33.3 Å². The molecular formula is C29H45N3O5. The van der Waals surface area contributed by atoms with Crippen molar-refractivity contribution in [3.8, 4) is 5.75 Å². The third kappa shape index (κ3) is 10.7. The number of aromatic nitrogens is 1. The summed E-state index contributed by atoms with van der Waals surface area (Å²) in [6.07, 6.45) is 15.0. The van der Waals surface area contributed by atoms with Gasteiger partial charge in [-0.2, -0.15) is 0 Å². The summed E-state index contributed by atoms with van der Waals surface area (Å²) >= 11 is 0. The molecule has 0 radical (unpaired) electrons. The molecule has 206 valence electrons. The number of likely N-dealkylation sites (tertiary alicyclic amines) is 1. The average Bonchev–Trinajstić information content (AvgIpc) is 2.90. The van der Waals surface area contributed by atoms with Gasteiger partial charge >= 0.3 is 11.9 Å². The van der Waals surface area contributed by atoms with E-state index in [1.54, 1.807) is 7.11 Å². The van der Waals surface area contributed by atoms with E-state index in [9.17, 15) is 0 Å². The van der Waals surface area contributed by atoms with E-state index in [2.05, 4.69) is 35.0 Å². The monoisotopic (exact) mass is 515 g/mol. The van der Waals surface area contributed by atoms with Crippen molar-refractivity contribution >= 4 is 22.8 Å². The number of hydrogen-bond donors (Lipinski definition) is 3. The molecule has 0 saturated carbocycles. The van der Waals surface area contributed by atoms with E-state index in [4.69, 9.17) is 30.3 Å². The van der Waals surface area contributed by atoms with Crippen LogP contribution in [0.25, 0.3) is 10.9 Å². The van der Waals surface area contributed by atoms with Gasteiger partial charge in [0.25, 0.3) is 0 Å². The van der Waals surface area contributed by atoms with Crippen molar-refractivity contribution in [3.05, 3.63) is 36.0 Å². The molecular weight excluding hydrogens is 470 g/mol. The van der Waals surface area contributed by atoms with Crippen LogP contribution in [-0.2, 0) is 16.0 Å². The van der Waals surface area contributed by atoms with Crippen LogP contribution in [0.1, 0.15) is 70.3 Å². The molecule has 0 bridgehead atoms. The number of carboxylic acid groups (broad SMARTS) is 2. The normalized spacial score (nSPS) is 17.7. The molecule has 2 atom stereocenters. The highest BCUT2D eigenvalue weighted by atomic mass is 16.5. The lowest BCUT2D eigenvalue weighted by Gasteiger charge is -2.39. The number of nitrogens with two attached hydrogens (primary N) is 1. The number of fused-ring (bicyclic) bond motifs is 1. The number of hydrogen-bond acceptors (Lipinski definition) is 6. The van der Waals surface area contributed by atoms with E-state index in [0.29, 0.717) is 0 Å². The summed E-state index contributed by atoms with van der Waals surface area (Å²) in [4.78, 5) is 25.4. The number of unbranched alkanes of at least 4 members (excludes halogenated alkanes) is 4. The molecule has 1 aliphatic rings. The number of aryl methyl sites for hydroxylation is 1. The van der Waals surface area contributed by atoms with Gasteiger partial charge in [0.05, 0.1) is 12.6 Å². The summed E-state index contributed by atoms with van der Waals surface area (Å²) in [5.74, 6) is -1.15. The highest BCUT2D eigenvalue weighted by Gasteiger charge is 2.28. The Labute approximate surface area is 221 Å². The molecule has 2 aromatic rings. The maximum Gasteiger partial charge on any atom is 0.414 e. The number of methoxy groups -OCH3 is 1. The van der Waals surface area contributed by atoms with Gasteiger partial charge in [-0.25, -0.2) is 9.59 Å². The topological polar surface area (TPSA) is 126 Å². The van der Waals surface area contributed by atoms with E-state index >= 15 is 0 Å². The van der Waals surface area contributed by atoms with Crippen molar-refractivity contribution in [3.63, 3.8) is 0 Å². The van der Waals surface area contributed by atoms with Crippen LogP contribution in [0.2, 0.25) is 0 Å². The SMILES string of the molecule is CCCCCCCN1CC[C@@H](CCCc2ccnc3ccc(OC)cc23)[C@@H](CCN)C1.O=C(O)C(=O)O. The summed E-state index contributed by atoms with van der Waals surface area (Å²) < 4.78 is 5.43. The number of pyridine rings is 1. The number of ether oxygens (including phenoxy) is 1. The molecule has 1 fully saturated rings. The summed E-state index contributed by atoms with van der Waals surface area (Å²) in [5, 5.41) is 16.0. The van der Waals surface area contributed by atoms with Gasteiger partial charge in [0, 0.05) is 18.1 Å². The first-order valence-corrected chi connectivity index (χ1v) is 13.7. The zero-order valence-corrected chi connectivity index (χ0v) is 22.5. The molecule has 3 rings (SSSR count). The number of carbonyl (C=O) groups is 2. The molecule has 4 N–H and O–H groups in total. The number of rotatable bonds is 13. The quantitative estimate of drug-likeness (QED) is 0.252. The molecule has 0 unspecified atom stereocenters. The van der Waals surface area contributed by atoms with Crippen LogP contribution in [-0.4, -0.2) is 65.3 Å². The van der Waals surface area contributed by atoms with Crippen molar-refractivity contribution in [2.45, 2.75) is 71.1 Å². The smallest absolute Gasteiger partial charge is 0.414 e. The second-order valence-electron chi connectivity index (χ2n) is 9.96. The lowest BCUT2D eigenvalue weighted by Crippen LogP contribution is -2.41. The van der Waals surface area contributed by atoms with E-state index in [-0.39, 0.29) is 0 Å². The van der Waals surface area contributed by atoms with Gasteiger partial charge in [-0.15, -0.1) is 0 Å². The van der Waals surface area contributed by atoms with Gasteiger partial charge in [-0.05, 0) is 99.8 Å². The van der Waals surface area contributed by atoms with Gasteiger partial charge in [-0.3, -0.25) is 4.98 Å². The first kappa shape index (κ1) is 30.5. The average molecular weight is 516 g/mol. The Morgan fingerprint density at radius 2 is 1.81 bits per heavy atom. The number of piperidine rings is 1. The Morgan fingerprint density at radius 3 is 2.49 bits per heavy atom. The summed E-state index contributed by atoms with van der Waals surface area (Å²) in [6, 6.07) is 8.37. The molecule has 0 spiro atoms. The molecule has 2 heterocycles. The van der Waals surface area contributed by atoms with Crippen molar-refractivity contribution < 1.29 is 24.5 Å². The van der Waals surface area contributed by atoms with E-state index in [1.165, 1.54) is 88.4 Å². The molecule has 1 aromatic carbocycles. The standard InChI is InChI=1S/C27H43N3O.C2H2O4/c1-3-4-5-6-7-18-30-19-15-22(24(21-30)13-16-28)9-8-10-23-14-17-29-27-12-11-25(31-2)20-26(23)27;3-1(4)2(5)6/h11-12,14,17,20,22,24H,3-10,13,15-16,18-19,21,28H2,1-2H3;(H,3,4)(H,5,6)/t22-,24+;/m1./s1. The Balaban J connectivity index is 0.000000717. The van der Waals surface area contributed by atoms with Crippen molar-refractivity contribution in [2.24, 2.45) is 17.6 Å². The minimum absolute atomic E-state index is 0.767. The van der Waals surface area contributed by atoms with E-state index in [1.807, 2.05) is 12.3 Å². The van der Waals surface area contributed by atoms with Gasteiger partial charge in [0.15, 0.2) is 0 Å². The Hall–Kier alpha value is -2.71. The zero-order chi connectivity index (χ0) is 27.0. The van der Waals surface area contributed by atoms with Gasteiger partial charge < -0.3 is 25.6 Å². The molecule has 37 heavy (non-hydrogen) atoms. The highest BCUT2D eigenvalue weighted by molar-refractivity contribution is 6.27. The fourth-order valence-electron chi connectivity index (χ4n) is 5.30. The first-order chi connectivity index (χ1) is 17.9. The third-order valence-corrected chi connectivity index (χ3v) is 7.33. The van der Waals surface area contributed by atoms with Crippen LogP contribution < -0.4 is 10.5 Å². The van der Waals surface area contributed by atoms with Gasteiger partial charge in [-0.1, -0.05) is 32.6 Å². The Bertz CT molecular complexity index is 956. The van der Waals surface area contributed by atoms with Crippen LogP contribution in [0.15, 0.2) is 30.5 Å². The third-order valence-electron chi connectivity index (χ3n) is 7.33. The molecule has 1 aliphatic heterocycles. The van der Waals surface area contributed by atoms with Crippen LogP contribution in [0, 0.1) is 11.8 Å². The predicted octanol–water partition coefficient (Wildman–Crippen LogP) is 4.98. The fraction of sp³-hybridized carbons (Fsp3) is 0.621. The molecule has 1 saturated heterocycles. The lowest BCUT2D eigenvalue weighted by atomic mass is 9.79. The maximum atomic E-state index is 9.10. The maximum absolute atomic E-state index is 9.10. The van der Waals surface area contributed by atoms with Crippen LogP contribution in [0.3, 0.4) is 0 Å². The lowest BCUT2D eigenvalue weighted by molar-refractivity contribution is -0.159. The summed E-state index contributed by atoms with van der Waals surface area (Å²) in [5.41, 5.74) is 8.45. The number of nitrogens with zero attached hydrogens (tertiary/aromatic N) is 2. The Morgan fingerprint density at radius 1 is 1.05 bits per heavy atom. The van der Waals surface area contributed by atoms with Crippen LogP contribution >= 0.6 is 0 Å². The molecule has 8 nitrogen and oxygen atoms in total. The van der Waals surface area contributed by atoms with Gasteiger partial charge in [0.2, 0.25) is 0 Å². The molecule has 0 aliphatic carbocycles. The predicted molar refractivity (Wildman–Crippen MR) is 147 cm³/mol.